The van der Waals surface area contributed by atoms with Crippen LogP contribution in [0.3, 0.4) is 0 Å². The highest BCUT2D eigenvalue weighted by Gasteiger charge is 2.50. The molecule has 4 aromatic rings. The fourth-order valence-electron chi connectivity index (χ4n) is 4.28. The topological polar surface area (TPSA) is 156 Å². The summed E-state index contributed by atoms with van der Waals surface area (Å²) in [7, 11) is 0. The van der Waals surface area contributed by atoms with Gasteiger partial charge in [-0.1, -0.05) is 12.1 Å². The highest BCUT2D eigenvalue weighted by Crippen LogP contribution is 2.45. The Morgan fingerprint density at radius 3 is 2.51 bits per heavy atom. The number of fused-ring (bicyclic) bond motifs is 1. The molecular weight excluding hydrogens is 470 g/mol. The molecule has 2 aliphatic rings. The minimum Gasteiger partial charge on any atom is -0.378 e. The van der Waals surface area contributed by atoms with Gasteiger partial charge in [-0.2, -0.15) is 5.26 Å². The largest absolute Gasteiger partial charge is 0.378 e. The number of rotatable bonds is 5. The van der Waals surface area contributed by atoms with Gasteiger partial charge in [0.2, 0.25) is 11.9 Å². The lowest BCUT2D eigenvalue weighted by Crippen LogP contribution is -2.37. The van der Waals surface area contributed by atoms with Crippen LogP contribution < -0.4 is 16.0 Å². The molecule has 37 heavy (non-hydrogen) atoms. The van der Waals surface area contributed by atoms with E-state index < -0.39 is 5.41 Å². The maximum absolute atomic E-state index is 12.5. The van der Waals surface area contributed by atoms with Gasteiger partial charge >= 0.3 is 0 Å². The predicted octanol–water partition coefficient (Wildman–Crippen LogP) is 2.81. The number of anilines is 3. The number of nitrogens with one attached hydrogen (secondary N) is 1. The Labute approximate surface area is 212 Å². The molecule has 3 aromatic heterocycles. The molecule has 0 radical (unpaired) electrons. The molecule has 0 atom stereocenters. The molecule has 3 N–H and O–H groups in total. The lowest BCUT2D eigenvalue weighted by Gasteiger charge is -2.28. The Kier molecular flexibility index (Phi) is 5.58. The van der Waals surface area contributed by atoms with Gasteiger partial charge < -0.3 is 20.7 Å². The van der Waals surface area contributed by atoms with E-state index in [0.29, 0.717) is 67.3 Å². The van der Waals surface area contributed by atoms with Crippen molar-refractivity contribution in [3.63, 3.8) is 0 Å². The van der Waals surface area contributed by atoms with Gasteiger partial charge in [-0.05, 0) is 36.6 Å². The molecule has 184 valence electrons. The average Bonchev–Trinajstić information content (AvgIpc) is 3.75. The maximum atomic E-state index is 12.5. The predicted molar refractivity (Wildman–Crippen MR) is 137 cm³/mol. The van der Waals surface area contributed by atoms with Crippen LogP contribution in [-0.2, 0) is 9.53 Å². The third-order valence-electron chi connectivity index (χ3n) is 6.61. The van der Waals surface area contributed by atoms with Gasteiger partial charge in [0, 0.05) is 42.9 Å². The number of pyridine rings is 1. The van der Waals surface area contributed by atoms with Crippen LogP contribution in [0.25, 0.3) is 33.5 Å². The van der Waals surface area contributed by atoms with Crippen LogP contribution in [-0.4, -0.2) is 57.1 Å². The fraction of sp³-hybridized carbons (Fsp3) is 0.269. The number of aromatic nitrogens is 5. The number of nitrogens with zero attached hydrogens (tertiary/aromatic N) is 7. The zero-order valence-corrected chi connectivity index (χ0v) is 19.9. The summed E-state index contributed by atoms with van der Waals surface area (Å²) in [6, 6.07) is 11.6. The van der Waals surface area contributed by atoms with Gasteiger partial charge in [0.25, 0.3) is 0 Å². The summed E-state index contributed by atoms with van der Waals surface area (Å²) in [5.41, 5.74) is 9.08. The molecule has 0 bridgehead atoms. The first-order valence-corrected chi connectivity index (χ1v) is 12.0. The quantitative estimate of drug-likeness (QED) is 0.424. The van der Waals surface area contributed by atoms with Crippen molar-refractivity contribution < 1.29 is 9.53 Å². The second-order valence-corrected chi connectivity index (χ2v) is 9.12. The normalized spacial score (nSPS) is 16.2. The second-order valence-electron chi connectivity index (χ2n) is 9.12. The van der Waals surface area contributed by atoms with E-state index in [-0.39, 0.29) is 11.9 Å². The van der Waals surface area contributed by atoms with Crippen LogP contribution in [0.4, 0.5) is 17.5 Å². The van der Waals surface area contributed by atoms with E-state index in [9.17, 15) is 10.1 Å². The number of morpholine rings is 1. The zero-order chi connectivity index (χ0) is 25.4. The summed E-state index contributed by atoms with van der Waals surface area (Å²) in [4.78, 5) is 37.2. The molecule has 6 rings (SSSR count). The van der Waals surface area contributed by atoms with E-state index in [2.05, 4.69) is 26.3 Å². The third kappa shape index (κ3) is 4.39. The van der Waals surface area contributed by atoms with Crippen LogP contribution in [0.1, 0.15) is 12.8 Å². The standard InChI is InChI=1S/C26H23N9O2/c27-15-26(4-5-26)24(36)32-19-3-1-2-16(10-19)17-11-20-21(29-12-17)23(35-6-8-37-9-7-35)34-22(33-20)18-13-30-25(28)31-14-18/h1-3,10-14H,4-9H2,(H,32,36)(H2,28,30,31). The van der Waals surface area contributed by atoms with Crippen molar-refractivity contribution in [2.24, 2.45) is 5.41 Å². The summed E-state index contributed by atoms with van der Waals surface area (Å²) >= 11 is 0. The van der Waals surface area contributed by atoms with Gasteiger partial charge in [-0.15, -0.1) is 0 Å². The van der Waals surface area contributed by atoms with Crippen molar-refractivity contribution >= 4 is 34.4 Å². The lowest BCUT2D eigenvalue weighted by molar-refractivity contribution is -0.119. The van der Waals surface area contributed by atoms with Crippen molar-refractivity contribution in [2.45, 2.75) is 12.8 Å². The molecule has 1 aliphatic heterocycles. The van der Waals surface area contributed by atoms with E-state index in [1.807, 2.05) is 24.3 Å². The van der Waals surface area contributed by atoms with Gasteiger partial charge in [0.15, 0.2) is 11.6 Å². The van der Waals surface area contributed by atoms with E-state index in [1.54, 1.807) is 24.7 Å². The second kappa shape index (κ2) is 9.07. The van der Waals surface area contributed by atoms with Crippen LogP contribution in [0.2, 0.25) is 0 Å². The molecule has 1 aromatic carbocycles. The summed E-state index contributed by atoms with van der Waals surface area (Å²) in [5.74, 6) is 1.11. The first-order chi connectivity index (χ1) is 18.0. The summed E-state index contributed by atoms with van der Waals surface area (Å²) in [6.45, 7) is 2.60. The number of carbonyl (C=O) groups is 1. The molecule has 0 unspecified atom stereocenters. The van der Waals surface area contributed by atoms with Crippen molar-refractivity contribution in [2.75, 3.05) is 42.3 Å². The number of nitriles is 1. The molecule has 1 saturated heterocycles. The van der Waals surface area contributed by atoms with Crippen LogP contribution in [0.5, 0.6) is 0 Å². The number of ether oxygens (including phenoxy) is 1. The molecular formula is C26H23N9O2. The molecule has 0 spiro atoms. The van der Waals surface area contributed by atoms with Gasteiger partial charge in [-0.3, -0.25) is 9.78 Å². The monoisotopic (exact) mass is 493 g/mol. The van der Waals surface area contributed by atoms with Crippen molar-refractivity contribution in [1.82, 2.24) is 24.9 Å². The zero-order valence-electron chi connectivity index (χ0n) is 19.9. The molecule has 4 heterocycles. The summed E-state index contributed by atoms with van der Waals surface area (Å²) < 4.78 is 5.52. The van der Waals surface area contributed by atoms with Crippen LogP contribution in [0.15, 0.2) is 48.9 Å². The molecule has 11 heteroatoms. The van der Waals surface area contributed by atoms with Crippen LogP contribution >= 0.6 is 0 Å². The highest BCUT2D eigenvalue weighted by atomic mass is 16.5. The van der Waals surface area contributed by atoms with Gasteiger partial charge in [0.1, 0.15) is 10.9 Å². The molecule has 1 aliphatic carbocycles. The first-order valence-electron chi connectivity index (χ1n) is 12.0. The Bertz CT molecular complexity index is 1540. The molecule has 1 saturated carbocycles. The molecule has 11 nitrogen and oxygen atoms in total. The summed E-state index contributed by atoms with van der Waals surface area (Å²) in [5, 5.41) is 12.2. The van der Waals surface area contributed by atoms with Crippen LogP contribution in [0, 0.1) is 16.7 Å². The van der Waals surface area contributed by atoms with Gasteiger partial charge in [-0.25, -0.2) is 19.9 Å². The number of hydrogen-bond donors (Lipinski definition) is 2. The van der Waals surface area contributed by atoms with E-state index in [4.69, 9.17) is 25.4 Å². The number of nitrogen functional groups attached to an aromatic ring is 1. The average molecular weight is 494 g/mol. The molecule has 1 amide bonds. The smallest absolute Gasteiger partial charge is 0.244 e. The Hall–Kier alpha value is -4.69. The number of hydrogen-bond acceptors (Lipinski definition) is 10. The molecule has 2 fully saturated rings. The van der Waals surface area contributed by atoms with E-state index in [0.717, 1.165) is 16.9 Å². The Balaban J connectivity index is 1.40. The highest BCUT2D eigenvalue weighted by molar-refractivity contribution is 5.99. The van der Waals surface area contributed by atoms with Gasteiger partial charge in [0.05, 0.1) is 30.4 Å². The van der Waals surface area contributed by atoms with Crippen molar-refractivity contribution in [3.8, 4) is 28.6 Å². The number of nitrogens with two attached hydrogens (primary N) is 1. The van der Waals surface area contributed by atoms with E-state index >= 15 is 0 Å². The lowest BCUT2D eigenvalue weighted by atomic mass is 10.1. The summed E-state index contributed by atoms with van der Waals surface area (Å²) in [6.07, 6.45) is 6.17. The Morgan fingerprint density at radius 1 is 1.03 bits per heavy atom. The van der Waals surface area contributed by atoms with Crippen molar-refractivity contribution in [3.05, 3.63) is 48.9 Å². The van der Waals surface area contributed by atoms with Crippen molar-refractivity contribution in [1.29, 1.82) is 5.26 Å². The minimum atomic E-state index is -0.893. The first kappa shape index (κ1) is 22.8. The number of benzene rings is 1. The van der Waals surface area contributed by atoms with E-state index in [1.165, 1.54) is 0 Å². The minimum absolute atomic E-state index is 0.177. The fourth-order valence-corrected chi connectivity index (χ4v) is 4.28. The maximum Gasteiger partial charge on any atom is 0.244 e. The SMILES string of the molecule is N#CC1(C(=O)Nc2cccc(-c3cnc4c(N5CCOCC5)nc(-c5cnc(N)nc5)nc4c3)c2)CC1. The third-order valence-corrected chi connectivity index (χ3v) is 6.61. The number of amides is 1. The number of carbonyl (C=O) groups excluding carboxylic acids is 1. The Morgan fingerprint density at radius 2 is 1.78 bits per heavy atom.